The molecule has 0 spiro atoms. The van der Waals surface area contributed by atoms with Crippen LogP contribution in [0.15, 0.2) is 12.4 Å². The van der Waals surface area contributed by atoms with Crippen molar-refractivity contribution in [3.05, 3.63) is 18.1 Å². The van der Waals surface area contributed by atoms with Gasteiger partial charge in [0, 0.05) is 43.2 Å². The number of anilines is 1. The molecule has 3 fully saturated rings. The van der Waals surface area contributed by atoms with Gasteiger partial charge < -0.3 is 15.3 Å². The molecule has 0 radical (unpaired) electrons. The van der Waals surface area contributed by atoms with Crippen molar-refractivity contribution in [2.24, 2.45) is 5.92 Å². The Labute approximate surface area is 119 Å². The van der Waals surface area contributed by atoms with E-state index in [1.54, 1.807) is 6.33 Å². The van der Waals surface area contributed by atoms with E-state index in [1.807, 2.05) is 0 Å². The van der Waals surface area contributed by atoms with Gasteiger partial charge in [-0.15, -0.1) is 0 Å². The lowest BCUT2D eigenvalue weighted by molar-refractivity contribution is -0.0539. The highest BCUT2D eigenvalue weighted by atomic mass is 16.3. The van der Waals surface area contributed by atoms with Gasteiger partial charge in [-0.25, -0.2) is 9.97 Å². The molecule has 20 heavy (non-hydrogen) atoms. The first-order valence-electron chi connectivity index (χ1n) is 7.75. The predicted octanol–water partition coefficient (Wildman–Crippen LogP) is 0.905. The fourth-order valence-corrected chi connectivity index (χ4v) is 3.57. The average molecular weight is 274 g/mol. The lowest BCUT2D eigenvalue weighted by Gasteiger charge is -2.47. The third-order valence-corrected chi connectivity index (χ3v) is 5.13. The van der Waals surface area contributed by atoms with Gasteiger partial charge in [-0.05, 0) is 32.2 Å². The number of aliphatic hydroxyl groups is 1. The van der Waals surface area contributed by atoms with Crippen molar-refractivity contribution in [3.8, 4) is 0 Å². The zero-order valence-electron chi connectivity index (χ0n) is 11.8. The van der Waals surface area contributed by atoms with Crippen LogP contribution in [0.5, 0.6) is 0 Å². The molecule has 0 amide bonds. The van der Waals surface area contributed by atoms with Crippen molar-refractivity contribution in [3.63, 3.8) is 0 Å². The van der Waals surface area contributed by atoms with E-state index in [0.29, 0.717) is 11.8 Å². The average Bonchev–Trinajstić information content (AvgIpc) is 3.31. The second-order valence-electron chi connectivity index (χ2n) is 6.53. The monoisotopic (exact) mass is 274 g/mol. The van der Waals surface area contributed by atoms with Gasteiger partial charge in [0.1, 0.15) is 12.1 Å². The van der Waals surface area contributed by atoms with E-state index in [9.17, 15) is 5.11 Å². The normalized spacial score (nSPS) is 33.9. The number of hydrogen-bond acceptors (Lipinski definition) is 5. The molecule has 2 N–H and O–H groups in total. The Hall–Kier alpha value is -1.20. The number of rotatable bonds is 2. The molecule has 5 heteroatoms. The van der Waals surface area contributed by atoms with Gasteiger partial charge in [0.2, 0.25) is 0 Å². The Bertz CT molecular complexity index is 504. The molecule has 1 aromatic rings. The van der Waals surface area contributed by atoms with Crippen molar-refractivity contribution < 1.29 is 5.11 Å². The highest BCUT2D eigenvalue weighted by Crippen LogP contribution is 2.40. The summed E-state index contributed by atoms with van der Waals surface area (Å²) in [6.07, 6.45) is 5.96. The number of fused-ring (bicyclic) bond motifs is 1. The molecule has 0 aromatic carbocycles. The van der Waals surface area contributed by atoms with Crippen LogP contribution >= 0.6 is 0 Å². The van der Waals surface area contributed by atoms with E-state index in [1.165, 1.54) is 18.5 Å². The zero-order chi connectivity index (χ0) is 13.6. The van der Waals surface area contributed by atoms with Gasteiger partial charge in [0.15, 0.2) is 0 Å². The maximum atomic E-state index is 10.7. The van der Waals surface area contributed by atoms with Crippen LogP contribution in [0.4, 0.5) is 5.82 Å². The summed E-state index contributed by atoms with van der Waals surface area (Å²) in [5.74, 6) is 2.01. The molecular weight excluding hydrogens is 252 g/mol. The van der Waals surface area contributed by atoms with Gasteiger partial charge in [-0.3, -0.25) is 0 Å². The molecule has 1 aromatic heterocycles. The molecule has 3 heterocycles. The van der Waals surface area contributed by atoms with Crippen molar-refractivity contribution in [2.45, 2.75) is 37.2 Å². The summed E-state index contributed by atoms with van der Waals surface area (Å²) in [6, 6.07) is 2.15. The van der Waals surface area contributed by atoms with Gasteiger partial charge in [0.05, 0.1) is 5.60 Å². The van der Waals surface area contributed by atoms with Crippen LogP contribution in [0.2, 0.25) is 0 Å². The van der Waals surface area contributed by atoms with Crippen LogP contribution in [0.1, 0.15) is 37.3 Å². The fraction of sp³-hybridized carbons (Fsp3) is 0.733. The second-order valence-corrected chi connectivity index (χ2v) is 6.53. The Balaban J connectivity index is 1.53. The molecule has 0 unspecified atom stereocenters. The Morgan fingerprint density at radius 1 is 1.30 bits per heavy atom. The number of nitrogens with one attached hydrogen (secondary N) is 1. The molecule has 2 atom stereocenters. The number of piperidine rings is 2. The van der Waals surface area contributed by atoms with E-state index < -0.39 is 5.60 Å². The summed E-state index contributed by atoms with van der Waals surface area (Å²) in [5.41, 5.74) is 0.728. The lowest BCUT2D eigenvalue weighted by Crippen LogP contribution is -2.59. The molecule has 4 rings (SSSR count). The number of nitrogens with zero attached hydrogens (tertiary/aromatic N) is 3. The third kappa shape index (κ3) is 2.19. The lowest BCUT2D eigenvalue weighted by atomic mass is 9.76. The first-order valence-corrected chi connectivity index (χ1v) is 7.75. The standard InChI is InChI=1S/C15H22N4O/c20-15-3-5-16-8-12(15)9-19(6-4-15)14-7-13(11-1-2-11)17-10-18-14/h7,10-12,16,20H,1-6,8-9H2/t12-,15-/m0/s1. The molecule has 2 saturated heterocycles. The van der Waals surface area contributed by atoms with Crippen LogP contribution < -0.4 is 10.2 Å². The third-order valence-electron chi connectivity index (χ3n) is 5.13. The summed E-state index contributed by atoms with van der Waals surface area (Å²) < 4.78 is 0. The maximum Gasteiger partial charge on any atom is 0.132 e. The molecule has 5 nitrogen and oxygen atoms in total. The number of hydrogen-bond donors (Lipinski definition) is 2. The van der Waals surface area contributed by atoms with Crippen LogP contribution in [0, 0.1) is 5.92 Å². The summed E-state index contributed by atoms with van der Waals surface area (Å²) in [7, 11) is 0. The molecule has 1 aliphatic carbocycles. The van der Waals surface area contributed by atoms with Crippen molar-refractivity contribution >= 4 is 5.82 Å². The Morgan fingerprint density at radius 2 is 2.20 bits per heavy atom. The summed E-state index contributed by atoms with van der Waals surface area (Å²) in [5, 5.41) is 14.1. The van der Waals surface area contributed by atoms with Gasteiger partial charge in [-0.1, -0.05) is 0 Å². The molecule has 1 saturated carbocycles. The minimum absolute atomic E-state index is 0.310. The van der Waals surface area contributed by atoms with E-state index in [4.69, 9.17) is 0 Å². The molecule has 3 aliphatic rings. The topological polar surface area (TPSA) is 61.3 Å². The Kier molecular flexibility index (Phi) is 2.93. The summed E-state index contributed by atoms with van der Waals surface area (Å²) in [6.45, 7) is 3.64. The minimum Gasteiger partial charge on any atom is -0.389 e. The number of aromatic nitrogens is 2. The van der Waals surface area contributed by atoms with Crippen molar-refractivity contribution in [1.29, 1.82) is 0 Å². The van der Waals surface area contributed by atoms with E-state index in [0.717, 1.165) is 44.8 Å². The van der Waals surface area contributed by atoms with Crippen LogP contribution in [-0.4, -0.2) is 46.9 Å². The molecule has 0 bridgehead atoms. The van der Waals surface area contributed by atoms with Gasteiger partial charge in [0.25, 0.3) is 0 Å². The van der Waals surface area contributed by atoms with Crippen molar-refractivity contribution in [2.75, 3.05) is 31.1 Å². The highest BCUT2D eigenvalue weighted by molar-refractivity contribution is 5.41. The molecule has 108 valence electrons. The van der Waals surface area contributed by atoms with Gasteiger partial charge >= 0.3 is 0 Å². The zero-order valence-corrected chi connectivity index (χ0v) is 11.8. The minimum atomic E-state index is -0.464. The first kappa shape index (κ1) is 12.5. The smallest absolute Gasteiger partial charge is 0.132 e. The largest absolute Gasteiger partial charge is 0.389 e. The van der Waals surface area contributed by atoms with Crippen LogP contribution in [-0.2, 0) is 0 Å². The SMILES string of the molecule is O[C@]12CCNC[C@H]1CN(c1cc(C3CC3)ncn1)CC2. The molecule has 2 aliphatic heterocycles. The summed E-state index contributed by atoms with van der Waals surface area (Å²) in [4.78, 5) is 11.2. The first-order chi connectivity index (χ1) is 9.74. The highest BCUT2D eigenvalue weighted by Gasteiger charge is 2.43. The second kappa shape index (κ2) is 4.67. The predicted molar refractivity (Wildman–Crippen MR) is 76.8 cm³/mol. The van der Waals surface area contributed by atoms with E-state index in [-0.39, 0.29) is 0 Å². The van der Waals surface area contributed by atoms with E-state index in [2.05, 4.69) is 26.3 Å². The van der Waals surface area contributed by atoms with E-state index >= 15 is 0 Å². The van der Waals surface area contributed by atoms with Crippen LogP contribution in [0.3, 0.4) is 0 Å². The fourth-order valence-electron chi connectivity index (χ4n) is 3.57. The maximum absolute atomic E-state index is 10.7. The molecular formula is C15H22N4O. The van der Waals surface area contributed by atoms with Crippen molar-refractivity contribution in [1.82, 2.24) is 15.3 Å². The quantitative estimate of drug-likeness (QED) is 0.839. The Morgan fingerprint density at radius 3 is 3.05 bits per heavy atom. The summed E-state index contributed by atoms with van der Waals surface area (Å²) >= 11 is 0. The van der Waals surface area contributed by atoms with Crippen LogP contribution in [0.25, 0.3) is 0 Å². The van der Waals surface area contributed by atoms with Gasteiger partial charge in [-0.2, -0.15) is 0 Å².